The fourth-order valence-electron chi connectivity index (χ4n) is 0.864. The third-order valence-electron chi connectivity index (χ3n) is 1.48. The molecule has 0 aromatic carbocycles. The first-order valence-electron chi connectivity index (χ1n) is 3.75. The number of rotatable bonds is 3. The summed E-state index contributed by atoms with van der Waals surface area (Å²) in [6, 6.07) is 1.45. The van der Waals surface area contributed by atoms with E-state index in [1.54, 1.807) is 0 Å². The van der Waals surface area contributed by atoms with E-state index in [4.69, 9.17) is 5.73 Å². The molecule has 1 heterocycles. The van der Waals surface area contributed by atoms with E-state index in [9.17, 15) is 8.42 Å². The first kappa shape index (κ1) is 10.1. The predicted octanol–water partition coefficient (Wildman–Crippen LogP) is -0.619. The zero-order valence-electron chi connectivity index (χ0n) is 7.27. The Morgan fingerprint density at radius 2 is 2.15 bits per heavy atom. The van der Waals surface area contributed by atoms with E-state index in [0.717, 1.165) is 6.26 Å². The summed E-state index contributed by atoms with van der Waals surface area (Å²) in [5.41, 5.74) is 5.96. The molecule has 0 spiro atoms. The van der Waals surface area contributed by atoms with Crippen molar-refractivity contribution in [2.24, 2.45) is 5.73 Å². The molecule has 0 saturated carbocycles. The third-order valence-corrected chi connectivity index (χ3v) is 2.46. The topological polar surface area (TPSA) is 85.9 Å². The minimum absolute atomic E-state index is 0.0472. The lowest BCUT2D eigenvalue weighted by molar-refractivity contribution is 0.597. The van der Waals surface area contributed by atoms with Crippen molar-refractivity contribution in [3.63, 3.8) is 0 Å². The van der Waals surface area contributed by atoms with Crippen molar-refractivity contribution >= 4 is 9.84 Å². The summed E-state index contributed by atoms with van der Waals surface area (Å²) < 4.78 is 22.1. The van der Waals surface area contributed by atoms with Crippen LogP contribution in [0.5, 0.6) is 0 Å². The SMILES string of the molecule is CS(=O)(=O)c1cc(CCN)ncn1. The molecule has 0 aliphatic heterocycles. The smallest absolute Gasteiger partial charge is 0.192 e. The Morgan fingerprint density at radius 1 is 1.46 bits per heavy atom. The van der Waals surface area contributed by atoms with Crippen molar-refractivity contribution in [2.75, 3.05) is 12.8 Å². The van der Waals surface area contributed by atoms with Gasteiger partial charge in [-0.15, -0.1) is 0 Å². The van der Waals surface area contributed by atoms with Crippen LogP contribution in [0.25, 0.3) is 0 Å². The van der Waals surface area contributed by atoms with Gasteiger partial charge in [0.05, 0.1) is 0 Å². The zero-order chi connectivity index (χ0) is 9.90. The Hall–Kier alpha value is -1.01. The van der Waals surface area contributed by atoms with Crippen molar-refractivity contribution in [1.29, 1.82) is 0 Å². The highest BCUT2D eigenvalue weighted by Crippen LogP contribution is 2.05. The monoisotopic (exact) mass is 201 g/mol. The summed E-state index contributed by atoms with van der Waals surface area (Å²) >= 11 is 0. The average Bonchev–Trinajstić information content (AvgIpc) is 2.04. The van der Waals surface area contributed by atoms with Crippen LogP contribution in [-0.2, 0) is 16.3 Å². The minimum atomic E-state index is -3.24. The highest BCUT2D eigenvalue weighted by Gasteiger charge is 2.09. The molecule has 0 aliphatic carbocycles. The molecule has 0 radical (unpaired) electrons. The van der Waals surface area contributed by atoms with E-state index in [-0.39, 0.29) is 5.03 Å². The normalized spacial score (nSPS) is 11.5. The molecule has 0 unspecified atom stereocenters. The van der Waals surface area contributed by atoms with E-state index in [0.29, 0.717) is 18.7 Å². The van der Waals surface area contributed by atoms with E-state index < -0.39 is 9.84 Å². The second-order valence-electron chi connectivity index (χ2n) is 2.66. The van der Waals surface area contributed by atoms with Gasteiger partial charge < -0.3 is 5.73 Å². The Labute approximate surface area is 76.9 Å². The standard InChI is InChI=1S/C7H11N3O2S/c1-13(11,12)7-4-6(2-3-8)9-5-10-7/h4-5H,2-3,8H2,1H3. The largest absolute Gasteiger partial charge is 0.330 e. The van der Waals surface area contributed by atoms with E-state index in [1.165, 1.54) is 12.4 Å². The lowest BCUT2D eigenvalue weighted by Crippen LogP contribution is -2.07. The van der Waals surface area contributed by atoms with Crippen molar-refractivity contribution < 1.29 is 8.42 Å². The summed E-state index contributed by atoms with van der Waals surface area (Å²) in [7, 11) is -3.24. The Morgan fingerprint density at radius 3 is 2.69 bits per heavy atom. The second-order valence-corrected chi connectivity index (χ2v) is 4.62. The zero-order valence-corrected chi connectivity index (χ0v) is 8.08. The molecule has 0 aliphatic rings. The fourth-order valence-corrected chi connectivity index (χ4v) is 1.45. The molecule has 0 bridgehead atoms. The van der Waals surface area contributed by atoms with Crippen LogP contribution in [0.3, 0.4) is 0 Å². The first-order chi connectivity index (χ1) is 6.04. The summed E-state index contributed by atoms with van der Waals surface area (Å²) in [6.45, 7) is 0.445. The second kappa shape index (κ2) is 3.80. The first-order valence-corrected chi connectivity index (χ1v) is 5.64. The quantitative estimate of drug-likeness (QED) is 0.659. The molecular weight excluding hydrogens is 190 g/mol. The Bertz CT molecular complexity index is 388. The van der Waals surface area contributed by atoms with Crippen molar-refractivity contribution in [2.45, 2.75) is 11.4 Å². The maximum atomic E-state index is 11.1. The van der Waals surface area contributed by atoms with Crippen molar-refractivity contribution in [1.82, 2.24) is 9.97 Å². The van der Waals surface area contributed by atoms with Crippen molar-refractivity contribution in [3.8, 4) is 0 Å². The molecule has 13 heavy (non-hydrogen) atoms. The van der Waals surface area contributed by atoms with Gasteiger partial charge in [-0.25, -0.2) is 18.4 Å². The van der Waals surface area contributed by atoms with Gasteiger partial charge >= 0.3 is 0 Å². The summed E-state index contributed by atoms with van der Waals surface area (Å²) in [5.74, 6) is 0. The number of aromatic nitrogens is 2. The summed E-state index contributed by atoms with van der Waals surface area (Å²) in [4.78, 5) is 7.54. The molecule has 2 N–H and O–H groups in total. The summed E-state index contributed by atoms with van der Waals surface area (Å²) in [6.07, 6.45) is 2.91. The highest BCUT2D eigenvalue weighted by molar-refractivity contribution is 7.90. The average molecular weight is 201 g/mol. The number of nitrogens with zero attached hydrogens (tertiary/aromatic N) is 2. The van der Waals surface area contributed by atoms with Gasteiger partial charge in [0.2, 0.25) is 0 Å². The molecule has 1 rings (SSSR count). The van der Waals surface area contributed by atoms with Crippen LogP contribution in [-0.4, -0.2) is 31.2 Å². The number of nitrogens with two attached hydrogens (primary N) is 1. The predicted molar refractivity (Wildman–Crippen MR) is 47.9 cm³/mol. The molecule has 0 saturated heterocycles. The van der Waals surface area contributed by atoms with Gasteiger partial charge in [0.1, 0.15) is 6.33 Å². The lowest BCUT2D eigenvalue weighted by Gasteiger charge is -1.99. The molecule has 5 nitrogen and oxygen atoms in total. The van der Waals surface area contributed by atoms with Crippen LogP contribution in [0.15, 0.2) is 17.4 Å². The van der Waals surface area contributed by atoms with E-state index >= 15 is 0 Å². The molecular formula is C7H11N3O2S. The molecule has 0 atom stereocenters. The highest BCUT2D eigenvalue weighted by atomic mass is 32.2. The molecule has 1 aromatic heterocycles. The number of sulfone groups is 1. The van der Waals surface area contributed by atoms with Gasteiger partial charge in [-0.05, 0) is 12.6 Å². The van der Waals surface area contributed by atoms with Gasteiger partial charge in [0.25, 0.3) is 0 Å². The van der Waals surface area contributed by atoms with Crippen LogP contribution in [0.1, 0.15) is 5.69 Å². The van der Waals surface area contributed by atoms with Gasteiger partial charge in [0.15, 0.2) is 14.9 Å². The van der Waals surface area contributed by atoms with E-state index in [2.05, 4.69) is 9.97 Å². The maximum absolute atomic E-state index is 11.1. The molecule has 72 valence electrons. The van der Waals surface area contributed by atoms with Gasteiger partial charge in [0, 0.05) is 18.4 Å². The van der Waals surface area contributed by atoms with Gasteiger partial charge in [-0.3, -0.25) is 0 Å². The van der Waals surface area contributed by atoms with E-state index in [1.807, 2.05) is 0 Å². The molecule has 0 amide bonds. The number of hydrogen-bond donors (Lipinski definition) is 1. The van der Waals surface area contributed by atoms with Crippen molar-refractivity contribution in [3.05, 3.63) is 18.1 Å². The number of hydrogen-bond acceptors (Lipinski definition) is 5. The Balaban J connectivity index is 3.06. The van der Waals surface area contributed by atoms with Crippen LogP contribution in [0.2, 0.25) is 0 Å². The lowest BCUT2D eigenvalue weighted by atomic mass is 10.3. The van der Waals surface area contributed by atoms with Crippen LogP contribution < -0.4 is 5.73 Å². The molecule has 1 aromatic rings. The Kier molecular flexibility index (Phi) is 2.94. The fraction of sp³-hybridized carbons (Fsp3) is 0.429. The van der Waals surface area contributed by atoms with Gasteiger partial charge in [-0.1, -0.05) is 0 Å². The summed E-state index contributed by atoms with van der Waals surface area (Å²) in [5, 5.41) is 0.0472. The van der Waals surface area contributed by atoms with Crippen LogP contribution >= 0.6 is 0 Å². The van der Waals surface area contributed by atoms with Crippen LogP contribution in [0, 0.1) is 0 Å². The van der Waals surface area contributed by atoms with Crippen LogP contribution in [0.4, 0.5) is 0 Å². The molecule has 0 fully saturated rings. The maximum Gasteiger partial charge on any atom is 0.192 e. The third kappa shape index (κ3) is 2.74. The minimum Gasteiger partial charge on any atom is -0.330 e. The van der Waals surface area contributed by atoms with Gasteiger partial charge in [-0.2, -0.15) is 0 Å². The molecule has 6 heteroatoms.